The van der Waals surface area contributed by atoms with Crippen LogP contribution in [-0.4, -0.2) is 19.6 Å². The number of hydrogen-bond acceptors (Lipinski definition) is 3. The maximum Gasteiger partial charge on any atom is 0.228 e. The molecule has 0 aliphatic carbocycles. The topological polar surface area (TPSA) is 41.6 Å². The molecule has 142 valence electrons. The summed E-state index contributed by atoms with van der Waals surface area (Å²) in [6.45, 7) is 0.952. The number of rotatable bonds is 5. The number of fused-ring (bicyclic) bond motifs is 1. The van der Waals surface area contributed by atoms with Crippen LogP contribution in [0.4, 0.5) is 21.5 Å². The van der Waals surface area contributed by atoms with Crippen molar-refractivity contribution < 1.29 is 13.9 Å². The number of nitrogens with one attached hydrogen (secondary N) is 1. The number of methoxy groups -OCH3 is 1. The fraction of sp³-hybridized carbons (Fsp3) is 0.174. The van der Waals surface area contributed by atoms with Gasteiger partial charge in [-0.3, -0.25) is 4.79 Å². The molecule has 0 unspecified atom stereocenters. The second-order valence-electron chi connectivity index (χ2n) is 6.77. The zero-order chi connectivity index (χ0) is 19.5. The number of hydrogen-bond donors (Lipinski definition) is 1. The van der Waals surface area contributed by atoms with E-state index in [1.807, 2.05) is 30.3 Å². The number of nitrogens with zero attached hydrogens (tertiary/aromatic N) is 1. The van der Waals surface area contributed by atoms with Gasteiger partial charge in [0.2, 0.25) is 5.91 Å². The van der Waals surface area contributed by atoms with E-state index < -0.39 is 5.82 Å². The largest absolute Gasteiger partial charge is 0.494 e. The minimum atomic E-state index is -0.469. The Balaban J connectivity index is 1.41. The molecule has 4 nitrogen and oxygen atoms in total. The Hall–Kier alpha value is -3.34. The predicted octanol–water partition coefficient (Wildman–Crippen LogP) is 4.71. The van der Waals surface area contributed by atoms with Crippen molar-refractivity contribution in [3.63, 3.8) is 0 Å². The van der Waals surface area contributed by atoms with E-state index in [4.69, 9.17) is 4.74 Å². The van der Waals surface area contributed by atoms with E-state index in [1.165, 1.54) is 30.5 Å². The van der Waals surface area contributed by atoms with E-state index in [0.717, 1.165) is 24.3 Å². The minimum Gasteiger partial charge on any atom is -0.494 e. The summed E-state index contributed by atoms with van der Waals surface area (Å²) in [6.07, 6.45) is 1.13. The van der Waals surface area contributed by atoms with Crippen LogP contribution in [0.3, 0.4) is 0 Å². The predicted molar refractivity (Wildman–Crippen MR) is 109 cm³/mol. The number of para-hydroxylation sites is 1. The van der Waals surface area contributed by atoms with Crippen molar-refractivity contribution in [1.29, 1.82) is 0 Å². The molecule has 0 radical (unpaired) electrons. The molecule has 0 fully saturated rings. The van der Waals surface area contributed by atoms with Crippen LogP contribution in [-0.2, 0) is 17.6 Å². The summed E-state index contributed by atoms with van der Waals surface area (Å²) >= 11 is 0. The standard InChI is InChI=1S/C23H21FN2O2/c1-28-22-11-6-16(14-20(22)24)15-23(27)25-18-7-9-19(10-8-18)26-13-12-17-4-2-3-5-21(17)26/h2-11,14H,12-13,15H2,1H3,(H,25,27). The van der Waals surface area contributed by atoms with Crippen LogP contribution in [0.1, 0.15) is 11.1 Å². The number of carbonyl (C=O) groups is 1. The van der Waals surface area contributed by atoms with Crippen molar-refractivity contribution in [2.24, 2.45) is 0 Å². The zero-order valence-corrected chi connectivity index (χ0v) is 15.6. The molecule has 0 aromatic heterocycles. The average molecular weight is 376 g/mol. The second kappa shape index (κ2) is 7.72. The highest BCUT2D eigenvalue weighted by molar-refractivity contribution is 5.92. The highest BCUT2D eigenvalue weighted by atomic mass is 19.1. The van der Waals surface area contributed by atoms with E-state index >= 15 is 0 Å². The molecule has 0 saturated carbocycles. The molecule has 4 rings (SSSR count). The highest BCUT2D eigenvalue weighted by Gasteiger charge is 2.19. The van der Waals surface area contributed by atoms with Crippen LogP contribution in [0, 0.1) is 5.82 Å². The molecule has 5 heteroatoms. The first-order valence-corrected chi connectivity index (χ1v) is 9.22. The zero-order valence-electron chi connectivity index (χ0n) is 15.6. The van der Waals surface area contributed by atoms with Gasteiger partial charge in [0.15, 0.2) is 11.6 Å². The van der Waals surface area contributed by atoms with Crippen molar-refractivity contribution in [3.8, 4) is 5.75 Å². The molecule has 0 atom stereocenters. The minimum absolute atomic E-state index is 0.0994. The normalized spacial score (nSPS) is 12.6. The number of halogens is 1. The first-order chi connectivity index (χ1) is 13.6. The van der Waals surface area contributed by atoms with Crippen LogP contribution >= 0.6 is 0 Å². The van der Waals surface area contributed by atoms with Crippen molar-refractivity contribution in [2.75, 3.05) is 23.9 Å². The lowest BCUT2D eigenvalue weighted by molar-refractivity contribution is -0.115. The SMILES string of the molecule is COc1ccc(CC(=O)Nc2ccc(N3CCc4ccccc43)cc2)cc1F. The van der Waals surface area contributed by atoms with E-state index in [0.29, 0.717) is 5.56 Å². The van der Waals surface area contributed by atoms with Crippen LogP contribution in [0.15, 0.2) is 66.7 Å². The van der Waals surface area contributed by atoms with Gasteiger partial charge in [-0.25, -0.2) is 4.39 Å². The fourth-order valence-electron chi connectivity index (χ4n) is 3.54. The molecule has 1 N–H and O–H groups in total. The average Bonchev–Trinajstić information content (AvgIpc) is 3.13. The Bertz CT molecular complexity index is 1000. The first kappa shape index (κ1) is 18.0. The Morgan fingerprint density at radius 1 is 1.11 bits per heavy atom. The number of ether oxygens (including phenoxy) is 1. The summed E-state index contributed by atoms with van der Waals surface area (Å²) in [5.41, 5.74) is 5.00. The van der Waals surface area contributed by atoms with Crippen molar-refractivity contribution in [2.45, 2.75) is 12.8 Å². The van der Waals surface area contributed by atoms with Gasteiger partial charge < -0.3 is 15.0 Å². The van der Waals surface area contributed by atoms with Crippen LogP contribution < -0.4 is 15.0 Å². The summed E-state index contributed by atoms with van der Waals surface area (Å²) in [7, 11) is 1.41. The molecular formula is C23H21FN2O2. The first-order valence-electron chi connectivity index (χ1n) is 9.22. The molecule has 0 bridgehead atoms. The van der Waals surface area contributed by atoms with Gasteiger partial charge in [0.25, 0.3) is 0 Å². The molecule has 28 heavy (non-hydrogen) atoms. The maximum absolute atomic E-state index is 13.8. The van der Waals surface area contributed by atoms with Crippen molar-refractivity contribution in [1.82, 2.24) is 0 Å². The third-order valence-corrected chi connectivity index (χ3v) is 4.93. The summed E-state index contributed by atoms with van der Waals surface area (Å²) in [4.78, 5) is 14.6. The molecule has 1 aliphatic rings. The van der Waals surface area contributed by atoms with Crippen molar-refractivity contribution >= 4 is 23.0 Å². The molecule has 1 amide bonds. The molecule has 3 aromatic carbocycles. The lowest BCUT2D eigenvalue weighted by Crippen LogP contribution is -2.15. The van der Waals surface area contributed by atoms with Gasteiger partial charge >= 0.3 is 0 Å². The molecule has 0 saturated heterocycles. The lowest BCUT2D eigenvalue weighted by Gasteiger charge is -2.20. The summed E-state index contributed by atoms with van der Waals surface area (Å²) in [5.74, 6) is -0.491. The van der Waals surface area contributed by atoms with Gasteiger partial charge in [0, 0.05) is 23.6 Å². The van der Waals surface area contributed by atoms with E-state index in [-0.39, 0.29) is 18.1 Å². The van der Waals surface area contributed by atoms with Crippen LogP contribution in [0.25, 0.3) is 0 Å². The van der Waals surface area contributed by atoms with Gasteiger partial charge in [0.1, 0.15) is 0 Å². The Kier molecular flexibility index (Phi) is 4.98. The molecule has 1 aliphatic heterocycles. The monoisotopic (exact) mass is 376 g/mol. The fourth-order valence-corrected chi connectivity index (χ4v) is 3.54. The quantitative estimate of drug-likeness (QED) is 0.701. The van der Waals surface area contributed by atoms with Gasteiger partial charge in [0.05, 0.1) is 13.5 Å². The summed E-state index contributed by atoms with van der Waals surface area (Å²) in [6, 6.07) is 20.7. The number of benzene rings is 3. The van der Waals surface area contributed by atoms with Gasteiger partial charge in [-0.15, -0.1) is 0 Å². The highest BCUT2D eigenvalue weighted by Crippen LogP contribution is 2.34. The third kappa shape index (κ3) is 3.69. The van der Waals surface area contributed by atoms with E-state index in [2.05, 4.69) is 28.4 Å². The number of carbonyl (C=O) groups excluding carboxylic acids is 1. The van der Waals surface area contributed by atoms with E-state index in [9.17, 15) is 9.18 Å². The molecular weight excluding hydrogens is 355 g/mol. The second-order valence-corrected chi connectivity index (χ2v) is 6.77. The van der Waals surface area contributed by atoms with Crippen LogP contribution in [0.5, 0.6) is 5.75 Å². The third-order valence-electron chi connectivity index (χ3n) is 4.93. The van der Waals surface area contributed by atoms with Crippen LogP contribution in [0.2, 0.25) is 0 Å². The Morgan fingerprint density at radius 3 is 2.64 bits per heavy atom. The number of anilines is 3. The molecule has 0 spiro atoms. The van der Waals surface area contributed by atoms with Gasteiger partial charge in [-0.05, 0) is 60.0 Å². The summed E-state index contributed by atoms with van der Waals surface area (Å²) < 4.78 is 18.7. The van der Waals surface area contributed by atoms with Crippen molar-refractivity contribution in [3.05, 3.63) is 83.7 Å². The molecule has 1 heterocycles. The van der Waals surface area contributed by atoms with Gasteiger partial charge in [-0.2, -0.15) is 0 Å². The molecule has 3 aromatic rings. The number of amides is 1. The lowest BCUT2D eigenvalue weighted by atomic mass is 10.1. The van der Waals surface area contributed by atoms with E-state index in [1.54, 1.807) is 6.07 Å². The summed E-state index contributed by atoms with van der Waals surface area (Å²) in [5, 5.41) is 2.86. The Morgan fingerprint density at radius 2 is 1.89 bits per heavy atom. The van der Waals surface area contributed by atoms with Gasteiger partial charge in [-0.1, -0.05) is 24.3 Å². The maximum atomic E-state index is 13.8. The smallest absolute Gasteiger partial charge is 0.228 e. The Labute approximate surface area is 163 Å².